The third-order valence-corrected chi connectivity index (χ3v) is 3.97. The number of fused-ring (bicyclic) bond motifs is 1. The number of nitrogens with zero attached hydrogens (tertiary/aromatic N) is 1. The summed E-state index contributed by atoms with van der Waals surface area (Å²) in [6, 6.07) is 6.71. The van der Waals surface area contributed by atoms with Crippen LogP contribution in [0.25, 0.3) is 0 Å². The molecule has 2 aromatic rings. The van der Waals surface area contributed by atoms with Crippen LogP contribution in [0.15, 0.2) is 29.1 Å². The largest absolute Gasteiger partial charge is 0.373 e. The van der Waals surface area contributed by atoms with Gasteiger partial charge < -0.3 is 15.6 Å². The Morgan fingerprint density at radius 3 is 3.04 bits per heavy atom. The van der Waals surface area contributed by atoms with Crippen LogP contribution < -0.4 is 16.2 Å². The highest BCUT2D eigenvalue weighted by Crippen LogP contribution is 2.28. The molecule has 0 spiro atoms. The van der Waals surface area contributed by atoms with E-state index < -0.39 is 0 Å². The van der Waals surface area contributed by atoms with Gasteiger partial charge in [-0.15, -0.1) is 0 Å². The summed E-state index contributed by atoms with van der Waals surface area (Å²) >= 11 is 5.96. The zero-order valence-corrected chi connectivity index (χ0v) is 13.4. The van der Waals surface area contributed by atoms with Gasteiger partial charge in [-0.25, -0.2) is 4.98 Å². The summed E-state index contributed by atoms with van der Waals surface area (Å²) in [6.07, 6.45) is 1.13. The number of hydrogen-bond donors (Lipinski definition) is 3. The molecular formula is C16H17ClN4O2. The summed E-state index contributed by atoms with van der Waals surface area (Å²) in [4.78, 5) is 30.4. The molecule has 3 rings (SSSR count). The summed E-state index contributed by atoms with van der Waals surface area (Å²) in [5.41, 5.74) is 2.48. The van der Waals surface area contributed by atoms with E-state index in [1.54, 1.807) is 13.0 Å². The lowest BCUT2D eigenvalue weighted by molar-refractivity contribution is -0.121. The van der Waals surface area contributed by atoms with Gasteiger partial charge in [0.15, 0.2) is 0 Å². The number of benzene rings is 1. The molecule has 0 saturated carbocycles. The van der Waals surface area contributed by atoms with Crippen molar-refractivity contribution in [2.75, 3.05) is 11.9 Å². The molecule has 1 amide bonds. The Balaban J connectivity index is 1.54. The molecule has 2 heterocycles. The van der Waals surface area contributed by atoms with E-state index in [9.17, 15) is 9.59 Å². The van der Waals surface area contributed by atoms with Crippen LogP contribution in [0.2, 0.25) is 5.02 Å². The number of aryl methyl sites for hydroxylation is 1. The van der Waals surface area contributed by atoms with Gasteiger partial charge in [0.1, 0.15) is 11.9 Å². The molecule has 0 bridgehead atoms. The van der Waals surface area contributed by atoms with Gasteiger partial charge in [-0.05, 0) is 30.7 Å². The Bertz CT molecular complexity index is 803. The van der Waals surface area contributed by atoms with Crippen LogP contribution in [-0.2, 0) is 17.6 Å². The highest BCUT2D eigenvalue weighted by Gasteiger charge is 2.26. The molecule has 0 fully saturated rings. The second-order valence-electron chi connectivity index (χ2n) is 5.57. The van der Waals surface area contributed by atoms with E-state index in [0.29, 0.717) is 35.9 Å². The predicted octanol–water partition coefficient (Wildman–Crippen LogP) is 1.43. The normalized spacial score (nSPS) is 15.8. The zero-order valence-electron chi connectivity index (χ0n) is 12.6. The Morgan fingerprint density at radius 1 is 1.43 bits per heavy atom. The molecule has 1 aliphatic rings. The maximum absolute atomic E-state index is 12.2. The zero-order chi connectivity index (χ0) is 16.4. The van der Waals surface area contributed by atoms with Crippen molar-refractivity contribution in [2.45, 2.75) is 25.8 Å². The van der Waals surface area contributed by atoms with Crippen molar-refractivity contribution in [3.63, 3.8) is 0 Å². The van der Waals surface area contributed by atoms with E-state index in [2.05, 4.69) is 20.6 Å². The molecule has 120 valence electrons. The second-order valence-corrected chi connectivity index (χ2v) is 6.00. The van der Waals surface area contributed by atoms with E-state index in [1.807, 2.05) is 12.1 Å². The smallest absolute Gasteiger partial charge is 0.251 e. The van der Waals surface area contributed by atoms with Crippen molar-refractivity contribution >= 4 is 23.2 Å². The highest BCUT2D eigenvalue weighted by atomic mass is 35.5. The number of H-pyrrole nitrogens is 1. The summed E-state index contributed by atoms with van der Waals surface area (Å²) < 4.78 is 0. The second kappa shape index (κ2) is 6.42. The number of aromatic amines is 1. The molecule has 3 N–H and O–H groups in total. The van der Waals surface area contributed by atoms with Gasteiger partial charge in [-0.2, -0.15) is 0 Å². The van der Waals surface area contributed by atoms with Crippen LogP contribution in [0.4, 0.5) is 5.69 Å². The summed E-state index contributed by atoms with van der Waals surface area (Å²) in [5.74, 6) is 0.502. The van der Waals surface area contributed by atoms with Crippen LogP contribution in [0.5, 0.6) is 0 Å². The Kier molecular flexibility index (Phi) is 4.34. The van der Waals surface area contributed by atoms with Crippen molar-refractivity contribution in [3.05, 3.63) is 56.7 Å². The molecule has 6 nitrogen and oxygen atoms in total. The van der Waals surface area contributed by atoms with E-state index in [4.69, 9.17) is 11.6 Å². The van der Waals surface area contributed by atoms with Gasteiger partial charge in [0, 0.05) is 41.9 Å². The minimum atomic E-state index is -0.294. The van der Waals surface area contributed by atoms with Crippen molar-refractivity contribution in [2.24, 2.45) is 0 Å². The quantitative estimate of drug-likeness (QED) is 0.790. The number of nitrogens with one attached hydrogen (secondary N) is 3. The first-order chi connectivity index (χ1) is 11.0. The standard InChI is InChI=1S/C16H17ClN4O2/c1-9-19-12(8-15(22)20-9)4-5-18-16(23)14-7-10-6-11(17)2-3-13(10)21-14/h2-3,6,8,14,21H,4-5,7H2,1H3,(H,18,23)(H,19,20,22)/t14-/m1/s1. The molecule has 0 radical (unpaired) electrons. The first kappa shape index (κ1) is 15.6. The number of carbonyl (C=O) groups is 1. The van der Waals surface area contributed by atoms with Crippen LogP contribution in [0.3, 0.4) is 0 Å². The van der Waals surface area contributed by atoms with E-state index in [0.717, 1.165) is 11.3 Å². The molecule has 0 saturated heterocycles. The number of anilines is 1. The van der Waals surface area contributed by atoms with Crippen LogP contribution in [-0.4, -0.2) is 28.5 Å². The number of halogens is 1. The van der Waals surface area contributed by atoms with Gasteiger partial charge >= 0.3 is 0 Å². The van der Waals surface area contributed by atoms with E-state index >= 15 is 0 Å². The molecule has 23 heavy (non-hydrogen) atoms. The van der Waals surface area contributed by atoms with E-state index in [1.165, 1.54) is 6.07 Å². The first-order valence-electron chi connectivity index (χ1n) is 7.41. The van der Waals surface area contributed by atoms with E-state index in [-0.39, 0.29) is 17.5 Å². The topological polar surface area (TPSA) is 86.9 Å². The molecular weight excluding hydrogens is 316 g/mol. The minimum absolute atomic E-state index is 0.0705. The van der Waals surface area contributed by atoms with Crippen LogP contribution in [0, 0.1) is 6.92 Å². The Labute approximate surface area is 138 Å². The molecule has 0 unspecified atom stereocenters. The fraction of sp³-hybridized carbons (Fsp3) is 0.312. The fourth-order valence-electron chi connectivity index (χ4n) is 2.70. The Morgan fingerprint density at radius 2 is 2.26 bits per heavy atom. The lowest BCUT2D eigenvalue weighted by atomic mass is 10.1. The lowest BCUT2D eigenvalue weighted by Crippen LogP contribution is -2.39. The maximum Gasteiger partial charge on any atom is 0.251 e. The number of rotatable bonds is 4. The van der Waals surface area contributed by atoms with Gasteiger partial charge in [0.2, 0.25) is 5.91 Å². The summed E-state index contributed by atoms with van der Waals surface area (Å²) in [5, 5.41) is 6.73. The number of amides is 1. The third-order valence-electron chi connectivity index (χ3n) is 3.73. The number of hydrogen-bond acceptors (Lipinski definition) is 4. The van der Waals surface area contributed by atoms with Crippen LogP contribution in [0.1, 0.15) is 17.1 Å². The van der Waals surface area contributed by atoms with Gasteiger partial charge in [0.05, 0.1) is 0 Å². The molecule has 0 aliphatic carbocycles. The average molecular weight is 333 g/mol. The molecule has 7 heteroatoms. The summed E-state index contributed by atoms with van der Waals surface area (Å²) in [6.45, 7) is 2.16. The first-order valence-corrected chi connectivity index (χ1v) is 7.78. The third kappa shape index (κ3) is 3.71. The monoisotopic (exact) mass is 332 g/mol. The molecule has 1 aromatic heterocycles. The van der Waals surface area contributed by atoms with Crippen molar-refractivity contribution in [3.8, 4) is 0 Å². The maximum atomic E-state index is 12.2. The molecule has 1 aromatic carbocycles. The van der Waals surface area contributed by atoms with Gasteiger partial charge in [-0.3, -0.25) is 9.59 Å². The minimum Gasteiger partial charge on any atom is -0.373 e. The van der Waals surface area contributed by atoms with Crippen molar-refractivity contribution < 1.29 is 4.79 Å². The predicted molar refractivity (Wildman–Crippen MR) is 88.9 cm³/mol. The molecule has 1 aliphatic heterocycles. The van der Waals surface area contributed by atoms with Crippen molar-refractivity contribution in [1.82, 2.24) is 15.3 Å². The molecule has 1 atom stereocenters. The number of aromatic nitrogens is 2. The highest BCUT2D eigenvalue weighted by molar-refractivity contribution is 6.30. The SMILES string of the molecule is Cc1nc(CCNC(=O)[C@H]2Cc3cc(Cl)ccc3N2)cc(=O)[nH]1. The van der Waals surface area contributed by atoms with Gasteiger partial charge in [0.25, 0.3) is 5.56 Å². The Hall–Kier alpha value is -2.34. The lowest BCUT2D eigenvalue weighted by Gasteiger charge is -2.11. The van der Waals surface area contributed by atoms with Crippen molar-refractivity contribution in [1.29, 1.82) is 0 Å². The average Bonchev–Trinajstić information content (AvgIpc) is 2.89. The van der Waals surface area contributed by atoms with Crippen LogP contribution >= 0.6 is 11.6 Å². The number of carbonyl (C=O) groups excluding carboxylic acids is 1. The van der Waals surface area contributed by atoms with Gasteiger partial charge in [-0.1, -0.05) is 11.6 Å². The summed E-state index contributed by atoms with van der Waals surface area (Å²) in [7, 11) is 0. The fourth-order valence-corrected chi connectivity index (χ4v) is 2.89.